The maximum absolute atomic E-state index is 7.47. The number of hydrogen-bond donors (Lipinski definition) is 1. The van der Waals surface area contributed by atoms with Gasteiger partial charge in [0, 0.05) is 0 Å². The van der Waals surface area contributed by atoms with Crippen LogP contribution in [-0.2, 0) is 4.74 Å². The predicted octanol–water partition coefficient (Wildman–Crippen LogP) is 3.54. The van der Waals surface area contributed by atoms with Crippen LogP contribution in [0.2, 0.25) is 0 Å². The second kappa shape index (κ2) is 3.73. The second-order valence-electron chi connectivity index (χ2n) is 4.16. The van der Waals surface area contributed by atoms with Gasteiger partial charge in [-0.05, 0) is 37.5 Å². The van der Waals surface area contributed by atoms with Crippen LogP contribution in [-0.4, -0.2) is 15.8 Å². The van der Waals surface area contributed by atoms with Crippen LogP contribution in [0.15, 0.2) is 0 Å². The van der Waals surface area contributed by atoms with E-state index >= 15 is 0 Å². The van der Waals surface area contributed by atoms with E-state index in [0.717, 1.165) is 12.3 Å². The van der Waals surface area contributed by atoms with Crippen molar-refractivity contribution in [2.75, 3.05) is 0 Å². The standard InChI is InChI=1S/C9H12Cl3NO/c10-9(11,12)8(13)14-7-4-5-1-2-6(7)3-5/h5-7,13H,1-4H2. The van der Waals surface area contributed by atoms with Crippen LogP contribution >= 0.6 is 34.8 Å². The number of rotatable bonds is 1. The van der Waals surface area contributed by atoms with Gasteiger partial charge in [0.05, 0.1) is 0 Å². The van der Waals surface area contributed by atoms with Crippen LogP contribution in [0, 0.1) is 17.2 Å². The molecule has 0 spiro atoms. The lowest BCUT2D eigenvalue weighted by Gasteiger charge is -2.25. The molecule has 2 aliphatic rings. The third-order valence-electron chi connectivity index (χ3n) is 3.20. The fraction of sp³-hybridized carbons (Fsp3) is 0.889. The molecular formula is C9H12Cl3NO. The van der Waals surface area contributed by atoms with Crippen LogP contribution in [0.5, 0.6) is 0 Å². The van der Waals surface area contributed by atoms with E-state index in [9.17, 15) is 0 Å². The average molecular weight is 257 g/mol. The average Bonchev–Trinajstić information content (AvgIpc) is 2.62. The molecule has 2 fully saturated rings. The first-order valence-corrected chi connectivity index (χ1v) is 5.92. The zero-order valence-corrected chi connectivity index (χ0v) is 9.87. The van der Waals surface area contributed by atoms with Crippen LogP contribution in [0.25, 0.3) is 0 Å². The number of ether oxygens (including phenoxy) is 1. The van der Waals surface area contributed by atoms with Gasteiger partial charge in [-0.2, -0.15) is 0 Å². The zero-order valence-electron chi connectivity index (χ0n) is 7.60. The Hall–Kier alpha value is 0.340. The summed E-state index contributed by atoms with van der Waals surface area (Å²) in [4.78, 5) is 0. The summed E-state index contributed by atoms with van der Waals surface area (Å²) in [6, 6.07) is 0. The van der Waals surface area contributed by atoms with Crippen molar-refractivity contribution in [2.45, 2.75) is 35.6 Å². The van der Waals surface area contributed by atoms with E-state index < -0.39 is 3.79 Å². The number of halogens is 3. The van der Waals surface area contributed by atoms with Gasteiger partial charge in [-0.25, -0.2) is 0 Å². The van der Waals surface area contributed by atoms with E-state index in [1.54, 1.807) is 0 Å². The van der Waals surface area contributed by atoms with Gasteiger partial charge in [-0.3, -0.25) is 5.41 Å². The highest BCUT2D eigenvalue weighted by Crippen LogP contribution is 2.46. The van der Waals surface area contributed by atoms with Gasteiger partial charge in [-0.1, -0.05) is 34.8 Å². The van der Waals surface area contributed by atoms with Crippen LogP contribution in [0.3, 0.4) is 0 Å². The van der Waals surface area contributed by atoms with Crippen LogP contribution in [0.1, 0.15) is 25.7 Å². The van der Waals surface area contributed by atoms with E-state index in [1.807, 2.05) is 0 Å². The maximum Gasteiger partial charge on any atom is 0.265 e. The molecule has 3 atom stereocenters. The fourth-order valence-corrected chi connectivity index (χ4v) is 2.68. The first-order chi connectivity index (χ1) is 6.47. The molecule has 14 heavy (non-hydrogen) atoms. The van der Waals surface area contributed by atoms with Crippen molar-refractivity contribution in [3.8, 4) is 0 Å². The molecule has 2 nitrogen and oxygen atoms in total. The summed E-state index contributed by atoms with van der Waals surface area (Å²) >= 11 is 16.6. The number of nitrogens with one attached hydrogen (secondary N) is 1. The van der Waals surface area contributed by atoms with E-state index in [4.69, 9.17) is 44.9 Å². The van der Waals surface area contributed by atoms with Crippen molar-refractivity contribution in [2.24, 2.45) is 11.8 Å². The molecule has 2 aliphatic carbocycles. The van der Waals surface area contributed by atoms with Crippen LogP contribution < -0.4 is 0 Å². The van der Waals surface area contributed by atoms with Crippen molar-refractivity contribution in [1.82, 2.24) is 0 Å². The monoisotopic (exact) mass is 255 g/mol. The topological polar surface area (TPSA) is 33.1 Å². The lowest BCUT2D eigenvalue weighted by Crippen LogP contribution is -2.30. The summed E-state index contributed by atoms with van der Waals surface area (Å²) in [6.07, 6.45) is 4.84. The Morgan fingerprint density at radius 1 is 1.21 bits per heavy atom. The Bertz CT molecular complexity index is 251. The minimum absolute atomic E-state index is 0.108. The largest absolute Gasteiger partial charge is 0.474 e. The molecule has 5 heteroatoms. The smallest absolute Gasteiger partial charge is 0.265 e. The Morgan fingerprint density at radius 3 is 2.36 bits per heavy atom. The van der Waals surface area contributed by atoms with Crippen molar-refractivity contribution < 1.29 is 4.74 Å². The number of alkyl halides is 3. The molecule has 2 saturated carbocycles. The summed E-state index contributed by atoms with van der Waals surface area (Å²) in [5.74, 6) is 1.11. The molecule has 2 rings (SSSR count). The minimum atomic E-state index is -1.71. The summed E-state index contributed by atoms with van der Waals surface area (Å²) in [7, 11) is 0. The van der Waals surface area contributed by atoms with E-state index in [0.29, 0.717) is 5.92 Å². The normalized spacial score (nSPS) is 36.1. The SMILES string of the molecule is N=C(OC1CC2CCC1C2)C(Cl)(Cl)Cl. The summed E-state index contributed by atoms with van der Waals surface area (Å²) in [5.41, 5.74) is 0. The van der Waals surface area contributed by atoms with Gasteiger partial charge in [0.2, 0.25) is 5.90 Å². The molecule has 2 bridgehead atoms. The molecule has 0 heterocycles. The summed E-state index contributed by atoms with van der Waals surface area (Å²) in [5, 5.41) is 7.47. The zero-order chi connectivity index (χ0) is 10.3. The van der Waals surface area contributed by atoms with Gasteiger partial charge < -0.3 is 4.74 Å². The Labute approximate surface area is 98.4 Å². The Balaban J connectivity index is 1.90. The van der Waals surface area contributed by atoms with Gasteiger partial charge in [0.25, 0.3) is 3.79 Å². The van der Waals surface area contributed by atoms with Gasteiger partial charge >= 0.3 is 0 Å². The van der Waals surface area contributed by atoms with Crippen LogP contribution in [0.4, 0.5) is 0 Å². The maximum atomic E-state index is 7.47. The molecular weight excluding hydrogens is 244 g/mol. The number of hydrogen-bond acceptors (Lipinski definition) is 2. The molecule has 3 unspecified atom stereocenters. The van der Waals surface area contributed by atoms with Crippen molar-refractivity contribution in [3.63, 3.8) is 0 Å². The summed E-state index contributed by atoms with van der Waals surface area (Å²) < 4.78 is 3.69. The second-order valence-corrected chi connectivity index (χ2v) is 6.44. The van der Waals surface area contributed by atoms with Gasteiger partial charge in [-0.15, -0.1) is 0 Å². The molecule has 0 aromatic rings. The molecule has 80 valence electrons. The van der Waals surface area contributed by atoms with Crippen molar-refractivity contribution in [3.05, 3.63) is 0 Å². The predicted molar refractivity (Wildman–Crippen MR) is 58.3 cm³/mol. The summed E-state index contributed by atoms with van der Waals surface area (Å²) in [6.45, 7) is 0. The lowest BCUT2D eigenvalue weighted by molar-refractivity contribution is 0.122. The third kappa shape index (κ3) is 2.12. The molecule has 1 N–H and O–H groups in total. The first kappa shape index (κ1) is 10.8. The van der Waals surface area contributed by atoms with Gasteiger partial charge in [0.1, 0.15) is 6.10 Å². The molecule has 0 aliphatic heterocycles. The minimum Gasteiger partial charge on any atom is -0.474 e. The van der Waals surface area contributed by atoms with Crippen molar-refractivity contribution >= 4 is 40.7 Å². The molecule has 0 saturated heterocycles. The van der Waals surface area contributed by atoms with Crippen molar-refractivity contribution in [1.29, 1.82) is 5.41 Å². The molecule has 0 radical (unpaired) electrons. The Morgan fingerprint density at radius 2 is 1.93 bits per heavy atom. The molecule has 0 aromatic heterocycles. The van der Waals surface area contributed by atoms with Gasteiger partial charge in [0.15, 0.2) is 0 Å². The van der Waals surface area contributed by atoms with E-state index in [1.165, 1.54) is 19.3 Å². The number of fused-ring (bicyclic) bond motifs is 2. The highest BCUT2D eigenvalue weighted by atomic mass is 35.6. The lowest BCUT2D eigenvalue weighted by atomic mass is 9.98. The highest BCUT2D eigenvalue weighted by Gasteiger charge is 2.43. The highest BCUT2D eigenvalue weighted by molar-refractivity contribution is 6.76. The quantitative estimate of drug-likeness (QED) is 0.434. The Kier molecular flexibility index (Phi) is 2.89. The third-order valence-corrected chi connectivity index (χ3v) is 3.71. The fourth-order valence-electron chi connectivity index (χ4n) is 2.55. The van der Waals surface area contributed by atoms with E-state index in [2.05, 4.69) is 0 Å². The molecule has 0 amide bonds. The molecule has 0 aromatic carbocycles. The first-order valence-electron chi connectivity index (χ1n) is 4.79. The van der Waals surface area contributed by atoms with E-state index in [-0.39, 0.29) is 12.0 Å².